The predicted molar refractivity (Wildman–Crippen MR) is 118 cm³/mol. The standard InChI is InChI=1S/C23H32N4O3/c1-5-24-22(25-17-18-9-6-7-10-19(18)30-23(2,3)4)27-14-12-26(13-15-27)21(28)20-11-8-16-29-20/h6-11,16H,5,12-15,17H2,1-4H3,(H,24,25). The molecule has 0 saturated carbocycles. The molecule has 1 fully saturated rings. The maximum atomic E-state index is 12.5. The number of carbonyl (C=O) groups excluding carboxylic acids is 1. The van der Waals surface area contributed by atoms with Crippen LogP contribution < -0.4 is 10.1 Å². The molecular weight excluding hydrogens is 380 g/mol. The first-order chi connectivity index (χ1) is 14.4. The molecular formula is C23H32N4O3. The highest BCUT2D eigenvalue weighted by Crippen LogP contribution is 2.23. The molecule has 0 radical (unpaired) electrons. The number of guanidine groups is 1. The van der Waals surface area contributed by atoms with E-state index >= 15 is 0 Å². The van der Waals surface area contributed by atoms with Crippen LogP contribution in [0.3, 0.4) is 0 Å². The monoisotopic (exact) mass is 412 g/mol. The van der Waals surface area contributed by atoms with Crippen LogP contribution in [0.2, 0.25) is 0 Å². The summed E-state index contributed by atoms with van der Waals surface area (Å²) in [5, 5.41) is 3.38. The van der Waals surface area contributed by atoms with Crippen molar-refractivity contribution in [3.05, 3.63) is 54.0 Å². The van der Waals surface area contributed by atoms with E-state index in [0.717, 1.165) is 36.9 Å². The first kappa shape index (κ1) is 21.7. The minimum Gasteiger partial charge on any atom is -0.488 e. The van der Waals surface area contributed by atoms with Gasteiger partial charge in [-0.3, -0.25) is 4.79 Å². The molecule has 1 aliphatic heterocycles. The van der Waals surface area contributed by atoms with Crippen LogP contribution in [0.5, 0.6) is 5.75 Å². The molecule has 2 heterocycles. The Morgan fingerprint density at radius 2 is 1.80 bits per heavy atom. The third-order valence-electron chi connectivity index (χ3n) is 4.72. The van der Waals surface area contributed by atoms with Crippen molar-refractivity contribution in [2.24, 2.45) is 4.99 Å². The molecule has 1 saturated heterocycles. The first-order valence-corrected chi connectivity index (χ1v) is 10.5. The van der Waals surface area contributed by atoms with Gasteiger partial charge in [0.2, 0.25) is 0 Å². The van der Waals surface area contributed by atoms with Crippen molar-refractivity contribution in [2.75, 3.05) is 32.7 Å². The number of carbonyl (C=O) groups is 1. The second-order valence-corrected chi connectivity index (χ2v) is 8.25. The molecule has 1 amide bonds. The molecule has 2 aromatic rings. The zero-order valence-corrected chi connectivity index (χ0v) is 18.4. The van der Waals surface area contributed by atoms with E-state index in [1.165, 1.54) is 6.26 Å². The SMILES string of the molecule is CCNC(=NCc1ccccc1OC(C)(C)C)N1CCN(C(=O)c2ccco2)CC1. The summed E-state index contributed by atoms with van der Waals surface area (Å²) in [6.45, 7) is 12.2. The number of para-hydroxylation sites is 1. The highest BCUT2D eigenvalue weighted by atomic mass is 16.5. The molecule has 1 N–H and O–H groups in total. The Morgan fingerprint density at radius 3 is 2.43 bits per heavy atom. The van der Waals surface area contributed by atoms with Gasteiger partial charge in [0.15, 0.2) is 11.7 Å². The quantitative estimate of drug-likeness (QED) is 0.602. The zero-order valence-electron chi connectivity index (χ0n) is 18.4. The molecule has 3 rings (SSSR count). The Bertz CT molecular complexity index is 848. The molecule has 7 nitrogen and oxygen atoms in total. The maximum absolute atomic E-state index is 12.5. The fraction of sp³-hybridized carbons (Fsp3) is 0.478. The van der Waals surface area contributed by atoms with Crippen molar-refractivity contribution >= 4 is 11.9 Å². The van der Waals surface area contributed by atoms with Crippen LogP contribution in [-0.4, -0.2) is 60.0 Å². The smallest absolute Gasteiger partial charge is 0.289 e. The summed E-state index contributed by atoms with van der Waals surface area (Å²) in [6.07, 6.45) is 1.53. The number of piperazine rings is 1. The van der Waals surface area contributed by atoms with Gasteiger partial charge in [-0.15, -0.1) is 0 Å². The fourth-order valence-corrected chi connectivity index (χ4v) is 3.33. The van der Waals surface area contributed by atoms with E-state index in [-0.39, 0.29) is 11.5 Å². The largest absolute Gasteiger partial charge is 0.488 e. The molecule has 1 aliphatic rings. The third-order valence-corrected chi connectivity index (χ3v) is 4.72. The average Bonchev–Trinajstić information content (AvgIpc) is 3.25. The third kappa shape index (κ3) is 5.78. The van der Waals surface area contributed by atoms with Gasteiger partial charge in [0.25, 0.3) is 5.91 Å². The van der Waals surface area contributed by atoms with Crippen LogP contribution in [0.4, 0.5) is 0 Å². The van der Waals surface area contributed by atoms with E-state index in [9.17, 15) is 4.79 Å². The highest BCUT2D eigenvalue weighted by molar-refractivity contribution is 5.91. The minimum atomic E-state index is -0.263. The Kier molecular flexibility index (Phi) is 7.03. The minimum absolute atomic E-state index is 0.0603. The summed E-state index contributed by atoms with van der Waals surface area (Å²) in [5.74, 6) is 2.04. The Hall–Kier alpha value is -2.96. The van der Waals surface area contributed by atoms with Crippen LogP contribution in [0, 0.1) is 0 Å². The lowest BCUT2D eigenvalue weighted by Gasteiger charge is -2.36. The summed E-state index contributed by atoms with van der Waals surface area (Å²) >= 11 is 0. The summed E-state index contributed by atoms with van der Waals surface area (Å²) in [7, 11) is 0. The molecule has 1 aromatic heterocycles. The Labute approximate surface area is 178 Å². The van der Waals surface area contributed by atoms with Gasteiger partial charge in [-0.05, 0) is 45.9 Å². The van der Waals surface area contributed by atoms with Gasteiger partial charge in [-0.25, -0.2) is 4.99 Å². The van der Waals surface area contributed by atoms with Crippen LogP contribution in [-0.2, 0) is 6.54 Å². The van der Waals surface area contributed by atoms with E-state index in [2.05, 4.69) is 17.1 Å². The lowest BCUT2D eigenvalue weighted by Crippen LogP contribution is -2.53. The number of hydrogen-bond donors (Lipinski definition) is 1. The number of aliphatic imine (C=N–C) groups is 1. The zero-order chi connectivity index (χ0) is 21.6. The second kappa shape index (κ2) is 9.69. The van der Waals surface area contributed by atoms with Crippen LogP contribution in [0.25, 0.3) is 0 Å². The van der Waals surface area contributed by atoms with Gasteiger partial charge in [0.1, 0.15) is 11.4 Å². The number of ether oxygens (including phenoxy) is 1. The molecule has 0 unspecified atom stereocenters. The topological polar surface area (TPSA) is 70.3 Å². The molecule has 0 bridgehead atoms. The van der Waals surface area contributed by atoms with Gasteiger partial charge >= 0.3 is 0 Å². The molecule has 30 heavy (non-hydrogen) atoms. The van der Waals surface area contributed by atoms with E-state index in [0.29, 0.717) is 25.4 Å². The van der Waals surface area contributed by atoms with Gasteiger partial charge < -0.3 is 24.3 Å². The lowest BCUT2D eigenvalue weighted by molar-refractivity contribution is 0.0657. The molecule has 0 aliphatic carbocycles. The Morgan fingerprint density at radius 1 is 1.10 bits per heavy atom. The van der Waals surface area contributed by atoms with E-state index in [1.807, 2.05) is 49.9 Å². The van der Waals surface area contributed by atoms with Crippen LogP contribution in [0.1, 0.15) is 43.8 Å². The highest BCUT2D eigenvalue weighted by Gasteiger charge is 2.25. The van der Waals surface area contributed by atoms with Gasteiger partial charge in [0.05, 0.1) is 12.8 Å². The van der Waals surface area contributed by atoms with Crippen molar-refractivity contribution in [3.63, 3.8) is 0 Å². The van der Waals surface area contributed by atoms with Crippen LogP contribution >= 0.6 is 0 Å². The van der Waals surface area contributed by atoms with Crippen molar-refractivity contribution in [1.82, 2.24) is 15.1 Å². The number of nitrogens with one attached hydrogen (secondary N) is 1. The molecule has 162 valence electrons. The number of benzene rings is 1. The van der Waals surface area contributed by atoms with Crippen molar-refractivity contribution < 1.29 is 13.9 Å². The van der Waals surface area contributed by atoms with Crippen molar-refractivity contribution in [2.45, 2.75) is 39.8 Å². The molecule has 1 aromatic carbocycles. The number of nitrogens with zero attached hydrogens (tertiary/aromatic N) is 3. The van der Waals surface area contributed by atoms with E-state index < -0.39 is 0 Å². The normalized spacial score (nSPS) is 15.3. The van der Waals surface area contributed by atoms with Gasteiger partial charge in [-0.2, -0.15) is 0 Å². The Balaban J connectivity index is 1.65. The lowest BCUT2D eigenvalue weighted by atomic mass is 10.1. The van der Waals surface area contributed by atoms with Gasteiger partial charge in [0, 0.05) is 38.3 Å². The number of furan rings is 1. The molecule has 0 atom stereocenters. The number of amides is 1. The maximum Gasteiger partial charge on any atom is 0.289 e. The average molecular weight is 413 g/mol. The summed E-state index contributed by atoms with van der Waals surface area (Å²) in [5.41, 5.74) is 0.788. The van der Waals surface area contributed by atoms with Crippen molar-refractivity contribution in [1.29, 1.82) is 0 Å². The van der Waals surface area contributed by atoms with E-state index in [4.69, 9.17) is 14.1 Å². The van der Waals surface area contributed by atoms with Gasteiger partial charge in [-0.1, -0.05) is 18.2 Å². The number of rotatable bonds is 5. The van der Waals surface area contributed by atoms with E-state index in [1.54, 1.807) is 12.1 Å². The van der Waals surface area contributed by atoms with Crippen LogP contribution in [0.15, 0.2) is 52.1 Å². The summed E-state index contributed by atoms with van der Waals surface area (Å²) in [6, 6.07) is 11.5. The summed E-state index contributed by atoms with van der Waals surface area (Å²) in [4.78, 5) is 21.3. The van der Waals surface area contributed by atoms with Crippen molar-refractivity contribution in [3.8, 4) is 5.75 Å². The number of hydrogen-bond acceptors (Lipinski definition) is 4. The summed E-state index contributed by atoms with van der Waals surface area (Å²) < 4.78 is 11.3. The predicted octanol–water partition coefficient (Wildman–Crippen LogP) is 3.38. The first-order valence-electron chi connectivity index (χ1n) is 10.5. The second-order valence-electron chi connectivity index (χ2n) is 8.25. The molecule has 7 heteroatoms. The fourth-order valence-electron chi connectivity index (χ4n) is 3.33. The molecule has 0 spiro atoms.